The number of rotatable bonds is 10. The molecule has 13 nitrogen and oxygen atoms in total. The fraction of sp³-hybridized carbons (Fsp3) is 0.244. The van der Waals surface area contributed by atoms with E-state index >= 15 is 0 Å². The van der Waals surface area contributed by atoms with Gasteiger partial charge in [0.25, 0.3) is 0 Å². The van der Waals surface area contributed by atoms with Crippen molar-refractivity contribution in [3.8, 4) is 45.4 Å². The lowest BCUT2D eigenvalue weighted by molar-refractivity contribution is 0.0527. The third-order valence-electron chi connectivity index (χ3n) is 8.18. The van der Waals surface area contributed by atoms with Gasteiger partial charge in [-0.3, -0.25) is 10.1 Å². The molecule has 1 aromatic heterocycles. The van der Waals surface area contributed by atoms with Crippen LogP contribution in [0.1, 0.15) is 60.9 Å². The summed E-state index contributed by atoms with van der Waals surface area (Å²) in [7, 11) is 4.37. The molecule has 0 bridgehead atoms. The van der Waals surface area contributed by atoms with E-state index in [4.69, 9.17) is 28.7 Å². The highest BCUT2D eigenvalue weighted by molar-refractivity contribution is 6.31. The van der Waals surface area contributed by atoms with E-state index in [2.05, 4.69) is 16.0 Å². The van der Waals surface area contributed by atoms with E-state index in [-0.39, 0.29) is 80.2 Å². The molecule has 5 aromatic rings. The van der Waals surface area contributed by atoms with Crippen LogP contribution in [0.5, 0.6) is 23.0 Å². The number of urea groups is 1. The topological polar surface area (TPSA) is 163 Å². The SMILES string of the molecule is CC.CCOC(=O)c1c(-c2cc(OC)c(OC)cc2NC(=O)NC)nc2c(OC(C)C)cc(NC(=O)Oc3ccccc3)c3c2c1-c1ccccc1C3=O. The smallest absolute Gasteiger partial charge is 0.417 e. The second-order valence-corrected chi connectivity index (χ2v) is 11.8. The molecule has 1 aliphatic rings. The zero-order valence-corrected chi connectivity index (χ0v) is 31.3. The number of carbonyl (C=O) groups excluding carboxylic acids is 4. The molecule has 0 unspecified atom stereocenters. The van der Waals surface area contributed by atoms with E-state index in [0.717, 1.165) is 0 Å². The average molecular weight is 735 g/mol. The Kier molecular flexibility index (Phi) is 12.0. The molecular weight excluding hydrogens is 692 g/mol. The third-order valence-corrected chi connectivity index (χ3v) is 8.18. The maximum atomic E-state index is 14.5. The second kappa shape index (κ2) is 16.8. The molecule has 0 aliphatic heterocycles. The van der Waals surface area contributed by atoms with Gasteiger partial charge in [0.1, 0.15) is 17.0 Å². The quantitative estimate of drug-likeness (QED) is 0.116. The first kappa shape index (κ1) is 38.6. The molecule has 0 fully saturated rings. The van der Waals surface area contributed by atoms with Crippen LogP contribution >= 0.6 is 0 Å². The molecule has 0 spiro atoms. The number of amides is 3. The Bertz CT molecular complexity index is 2240. The summed E-state index contributed by atoms with van der Waals surface area (Å²) < 4.78 is 28.6. The summed E-state index contributed by atoms with van der Waals surface area (Å²) in [5.41, 5.74) is 2.00. The number of nitrogens with one attached hydrogen (secondary N) is 3. The second-order valence-electron chi connectivity index (χ2n) is 11.8. The predicted molar refractivity (Wildman–Crippen MR) is 206 cm³/mol. The number of carbonyl (C=O) groups is 4. The van der Waals surface area contributed by atoms with E-state index in [0.29, 0.717) is 16.9 Å². The van der Waals surface area contributed by atoms with Crippen LogP contribution in [0.15, 0.2) is 72.8 Å². The molecule has 0 saturated carbocycles. The highest BCUT2D eigenvalue weighted by Crippen LogP contribution is 2.50. The molecule has 0 radical (unpaired) electrons. The molecular formula is C41H42N4O9. The van der Waals surface area contributed by atoms with Crippen molar-refractivity contribution >= 4 is 46.2 Å². The molecule has 3 N–H and O–H groups in total. The fourth-order valence-electron chi connectivity index (χ4n) is 6.09. The van der Waals surface area contributed by atoms with Gasteiger partial charge in [-0.25, -0.2) is 19.4 Å². The Morgan fingerprint density at radius 3 is 2.04 bits per heavy atom. The van der Waals surface area contributed by atoms with Gasteiger partial charge in [0.15, 0.2) is 17.3 Å². The number of methoxy groups -OCH3 is 2. The van der Waals surface area contributed by atoms with E-state index in [1.807, 2.05) is 27.7 Å². The van der Waals surface area contributed by atoms with Crippen molar-refractivity contribution in [3.05, 3.63) is 89.5 Å². The minimum Gasteiger partial charge on any atom is -0.493 e. The monoisotopic (exact) mass is 734 g/mol. The molecule has 1 aliphatic carbocycles. The van der Waals surface area contributed by atoms with Crippen molar-refractivity contribution in [2.45, 2.75) is 40.7 Å². The maximum absolute atomic E-state index is 14.5. The van der Waals surface area contributed by atoms with Gasteiger partial charge in [0.05, 0.1) is 55.1 Å². The van der Waals surface area contributed by atoms with Gasteiger partial charge in [-0.1, -0.05) is 56.3 Å². The summed E-state index contributed by atoms with van der Waals surface area (Å²) in [6.07, 6.45) is -1.23. The Morgan fingerprint density at radius 1 is 0.778 bits per heavy atom. The van der Waals surface area contributed by atoms with Gasteiger partial charge in [-0.15, -0.1) is 0 Å². The number of pyridine rings is 1. The van der Waals surface area contributed by atoms with Crippen LogP contribution in [0, 0.1) is 0 Å². The van der Waals surface area contributed by atoms with Gasteiger partial charge >= 0.3 is 18.1 Å². The lowest BCUT2D eigenvalue weighted by Gasteiger charge is -2.27. The largest absolute Gasteiger partial charge is 0.493 e. The normalized spacial score (nSPS) is 11.1. The molecule has 13 heteroatoms. The van der Waals surface area contributed by atoms with E-state index < -0.39 is 23.9 Å². The fourth-order valence-corrected chi connectivity index (χ4v) is 6.09. The molecule has 280 valence electrons. The Hall–Kier alpha value is -6.63. The van der Waals surface area contributed by atoms with Crippen molar-refractivity contribution in [2.75, 3.05) is 38.5 Å². The number of nitrogens with zero attached hydrogens (tertiary/aromatic N) is 1. The van der Waals surface area contributed by atoms with Crippen LogP contribution in [0.2, 0.25) is 0 Å². The zero-order valence-electron chi connectivity index (χ0n) is 31.3. The summed E-state index contributed by atoms with van der Waals surface area (Å²) in [4.78, 5) is 59.8. The number of hydrogen-bond acceptors (Lipinski definition) is 10. The third kappa shape index (κ3) is 7.47. The van der Waals surface area contributed by atoms with Crippen LogP contribution in [-0.4, -0.2) is 62.8 Å². The van der Waals surface area contributed by atoms with E-state index in [9.17, 15) is 19.2 Å². The number of hydrogen-bond donors (Lipinski definition) is 3. The first-order chi connectivity index (χ1) is 26.1. The molecule has 6 rings (SSSR count). The maximum Gasteiger partial charge on any atom is 0.417 e. The summed E-state index contributed by atoms with van der Waals surface area (Å²) in [6, 6.07) is 19.4. The van der Waals surface area contributed by atoms with E-state index in [1.54, 1.807) is 73.7 Å². The Morgan fingerprint density at radius 2 is 1.41 bits per heavy atom. The summed E-state index contributed by atoms with van der Waals surface area (Å²) >= 11 is 0. The molecule has 4 aromatic carbocycles. The van der Waals surface area contributed by atoms with Gasteiger partial charge in [0, 0.05) is 41.3 Å². The first-order valence-corrected chi connectivity index (χ1v) is 17.4. The molecule has 1 heterocycles. The first-order valence-electron chi connectivity index (χ1n) is 17.4. The number of esters is 1. The van der Waals surface area contributed by atoms with Crippen molar-refractivity contribution in [3.63, 3.8) is 0 Å². The lowest BCUT2D eigenvalue weighted by Crippen LogP contribution is -2.25. The van der Waals surface area contributed by atoms with Crippen LogP contribution in [0.25, 0.3) is 33.3 Å². The summed E-state index contributed by atoms with van der Waals surface area (Å²) in [6.45, 7) is 9.33. The minimum atomic E-state index is -0.851. The Balaban J connectivity index is 0.00000276. The molecule has 54 heavy (non-hydrogen) atoms. The predicted octanol–water partition coefficient (Wildman–Crippen LogP) is 8.48. The minimum absolute atomic E-state index is 0.00207. The number of anilines is 2. The number of aromatic nitrogens is 1. The summed E-state index contributed by atoms with van der Waals surface area (Å²) in [5.74, 6) is -0.0792. The van der Waals surface area contributed by atoms with Crippen LogP contribution in [0.4, 0.5) is 21.0 Å². The number of benzene rings is 4. The number of ketones is 1. The summed E-state index contributed by atoms with van der Waals surface area (Å²) in [5, 5.41) is 8.31. The standard InChI is InChI=1S/C39H36N4O9.C2H6/c1-7-50-37(45)33-30-22-15-11-12-16-23(22)36(44)31-26(42-39(47)52-21-13-9-8-10-14-21)19-29(51-20(2)3)35(32(30)31)43-34(33)24-17-27(48-5)28(49-6)18-25(24)41-38(46)40-4;1-2/h8-20H,7H2,1-6H3,(H,42,47)(H2,40,41,46);1-2H3. The van der Waals surface area contributed by atoms with Gasteiger partial charge in [0.2, 0.25) is 0 Å². The molecule has 0 atom stereocenters. The Labute approximate surface area is 312 Å². The average Bonchev–Trinajstić information content (AvgIpc) is 3.17. The van der Waals surface area contributed by atoms with Crippen LogP contribution in [0.3, 0.4) is 0 Å². The van der Waals surface area contributed by atoms with Crippen LogP contribution < -0.4 is 34.9 Å². The zero-order chi connectivity index (χ0) is 39.1. The van der Waals surface area contributed by atoms with Crippen molar-refractivity contribution in [1.29, 1.82) is 0 Å². The molecule has 3 amide bonds. The highest BCUT2D eigenvalue weighted by Gasteiger charge is 2.37. The van der Waals surface area contributed by atoms with Gasteiger partial charge in [-0.2, -0.15) is 0 Å². The highest BCUT2D eigenvalue weighted by atomic mass is 16.6. The number of fused-ring (bicyclic) bond motifs is 2. The van der Waals surface area contributed by atoms with Crippen LogP contribution in [-0.2, 0) is 4.74 Å². The van der Waals surface area contributed by atoms with Crippen molar-refractivity contribution in [1.82, 2.24) is 10.3 Å². The number of para-hydroxylation sites is 1. The van der Waals surface area contributed by atoms with Gasteiger partial charge < -0.3 is 34.3 Å². The van der Waals surface area contributed by atoms with Crippen molar-refractivity contribution < 1.29 is 42.9 Å². The van der Waals surface area contributed by atoms with Gasteiger partial charge in [-0.05, 0) is 44.5 Å². The van der Waals surface area contributed by atoms with E-state index in [1.165, 1.54) is 27.3 Å². The lowest BCUT2D eigenvalue weighted by atomic mass is 9.79. The number of ether oxygens (including phenoxy) is 5. The molecule has 0 saturated heterocycles. The van der Waals surface area contributed by atoms with Crippen molar-refractivity contribution in [2.24, 2.45) is 0 Å².